The second-order valence-corrected chi connectivity index (χ2v) is 8.88. The maximum absolute atomic E-state index is 12.7. The van der Waals surface area contributed by atoms with Gasteiger partial charge in [-0.15, -0.1) is 0 Å². The molecule has 0 aliphatic carbocycles. The average molecular weight is 453 g/mol. The highest BCUT2D eigenvalue weighted by atomic mass is 32.2. The van der Waals surface area contributed by atoms with Crippen LogP contribution in [0.3, 0.4) is 0 Å². The van der Waals surface area contributed by atoms with Crippen molar-refractivity contribution in [3.8, 4) is 0 Å². The summed E-state index contributed by atoms with van der Waals surface area (Å²) in [6.45, 7) is 3.55. The van der Waals surface area contributed by atoms with Crippen LogP contribution in [0, 0.1) is 6.92 Å². The summed E-state index contributed by atoms with van der Waals surface area (Å²) in [5.41, 5.74) is 1.45. The lowest BCUT2D eigenvalue weighted by molar-refractivity contribution is -0.192. The van der Waals surface area contributed by atoms with Crippen LogP contribution in [0.15, 0.2) is 18.5 Å². The average Bonchev–Trinajstić information content (AvgIpc) is 2.65. The van der Waals surface area contributed by atoms with Gasteiger partial charge in [-0.25, -0.2) is 13.2 Å². The summed E-state index contributed by atoms with van der Waals surface area (Å²) in [5.74, 6) is -2.87. The number of sulfonamides is 1. The van der Waals surface area contributed by atoms with Gasteiger partial charge in [0.15, 0.2) is 0 Å². The predicted octanol–water partition coefficient (Wildman–Crippen LogP) is 0.898. The second-order valence-electron chi connectivity index (χ2n) is 6.94. The van der Waals surface area contributed by atoms with Crippen LogP contribution in [-0.2, 0) is 19.6 Å². The minimum Gasteiger partial charge on any atom is -0.475 e. The number of likely N-dealkylation sites (tertiary alicyclic amines) is 1. The Hall–Kier alpha value is -2.25. The number of carboxylic acids is 1. The van der Waals surface area contributed by atoms with E-state index in [0.29, 0.717) is 38.2 Å². The Kier molecular flexibility index (Phi) is 7.42. The summed E-state index contributed by atoms with van der Waals surface area (Å²) in [7, 11) is -3.31. The van der Waals surface area contributed by atoms with Crippen molar-refractivity contribution in [3.63, 3.8) is 0 Å². The number of piperidine rings is 1. The number of aliphatic carboxylic acids is 1. The van der Waals surface area contributed by atoms with Crippen LogP contribution < -0.4 is 0 Å². The first kappa shape index (κ1) is 24.0. The molecule has 2 fully saturated rings. The summed E-state index contributed by atoms with van der Waals surface area (Å²) >= 11 is 0. The number of pyridine rings is 1. The lowest BCUT2D eigenvalue weighted by atomic mass is 10.00. The molecule has 1 aromatic rings. The van der Waals surface area contributed by atoms with Gasteiger partial charge in [-0.2, -0.15) is 17.5 Å². The number of hydrogen-bond acceptors (Lipinski definition) is 6. The van der Waals surface area contributed by atoms with Gasteiger partial charge < -0.3 is 14.7 Å². The number of aryl methyl sites for hydroxylation is 1. The first-order valence-electron chi connectivity index (χ1n) is 8.90. The number of aromatic nitrogens is 1. The zero-order chi connectivity index (χ0) is 22.7. The molecule has 0 radical (unpaired) electrons. The number of amides is 1. The van der Waals surface area contributed by atoms with Gasteiger partial charge in [0, 0.05) is 32.0 Å². The van der Waals surface area contributed by atoms with Gasteiger partial charge in [0.1, 0.15) is 0 Å². The largest absolute Gasteiger partial charge is 0.490 e. The Morgan fingerprint density at radius 1 is 1.27 bits per heavy atom. The van der Waals surface area contributed by atoms with Gasteiger partial charge in [-0.05, 0) is 25.0 Å². The normalized spacial score (nSPS) is 22.5. The van der Waals surface area contributed by atoms with Crippen molar-refractivity contribution in [1.29, 1.82) is 0 Å². The standard InChI is InChI=1S/C15H21N3O4S.C2HF3O2/c1-11-7-12(9-16-8-11)15(19)17-4-3-14-13(10-17)18(5-6-22-14)23(2,20)21;3-2(4,5)1(6)7/h7-9,13-14H,3-6,10H2,1-2H3;(H,6,7)/t13-,14-;/m0./s1. The number of halogens is 3. The second kappa shape index (κ2) is 9.27. The van der Waals surface area contributed by atoms with Crippen molar-refractivity contribution in [2.45, 2.75) is 31.7 Å². The summed E-state index contributed by atoms with van der Waals surface area (Å²) < 4.78 is 62.9. The number of nitrogens with zero attached hydrogens (tertiary/aromatic N) is 3. The lowest BCUT2D eigenvalue weighted by Crippen LogP contribution is -2.61. The van der Waals surface area contributed by atoms with Crippen LogP contribution in [0.25, 0.3) is 0 Å². The highest BCUT2D eigenvalue weighted by Crippen LogP contribution is 2.26. The molecule has 30 heavy (non-hydrogen) atoms. The number of rotatable bonds is 2. The van der Waals surface area contributed by atoms with E-state index in [0.717, 1.165) is 5.56 Å². The van der Waals surface area contributed by atoms with Crippen molar-refractivity contribution in [2.24, 2.45) is 0 Å². The third-order valence-corrected chi connectivity index (χ3v) is 5.92. The SMILES string of the molecule is Cc1cncc(C(=O)N2CC[C@@H]3OCCN(S(C)(=O)=O)[C@H]3C2)c1.O=C(O)C(F)(F)F. The van der Waals surface area contributed by atoms with E-state index in [2.05, 4.69) is 4.98 Å². The molecule has 1 aromatic heterocycles. The van der Waals surface area contributed by atoms with Gasteiger partial charge in [0.25, 0.3) is 5.91 Å². The van der Waals surface area contributed by atoms with E-state index < -0.39 is 22.2 Å². The molecular formula is C17H22F3N3O6S. The Balaban J connectivity index is 0.000000396. The maximum Gasteiger partial charge on any atom is 0.490 e. The van der Waals surface area contributed by atoms with E-state index in [1.807, 2.05) is 6.92 Å². The number of hydrogen-bond donors (Lipinski definition) is 1. The molecule has 2 aliphatic heterocycles. The van der Waals surface area contributed by atoms with Gasteiger partial charge in [-0.3, -0.25) is 9.78 Å². The van der Waals surface area contributed by atoms with E-state index in [4.69, 9.17) is 14.6 Å². The van der Waals surface area contributed by atoms with Crippen LogP contribution in [0.4, 0.5) is 13.2 Å². The smallest absolute Gasteiger partial charge is 0.475 e. The first-order valence-corrected chi connectivity index (χ1v) is 10.7. The number of carbonyl (C=O) groups excluding carboxylic acids is 1. The summed E-state index contributed by atoms with van der Waals surface area (Å²) in [6, 6.07) is 1.49. The number of carbonyl (C=O) groups is 2. The zero-order valence-electron chi connectivity index (χ0n) is 16.3. The highest BCUT2D eigenvalue weighted by molar-refractivity contribution is 7.88. The fraction of sp³-hybridized carbons (Fsp3) is 0.588. The Morgan fingerprint density at radius 2 is 1.90 bits per heavy atom. The van der Waals surface area contributed by atoms with Crippen LogP contribution in [-0.4, -0.2) is 90.4 Å². The molecule has 0 aromatic carbocycles. The molecular weight excluding hydrogens is 431 g/mol. The number of ether oxygens (including phenoxy) is 1. The fourth-order valence-electron chi connectivity index (χ4n) is 3.29. The minimum atomic E-state index is -5.08. The quantitative estimate of drug-likeness (QED) is 0.707. The summed E-state index contributed by atoms with van der Waals surface area (Å²) in [5, 5.41) is 7.12. The third-order valence-electron chi connectivity index (χ3n) is 4.61. The Bertz CT molecular complexity index is 893. The van der Waals surface area contributed by atoms with Gasteiger partial charge in [0.05, 0.1) is 30.6 Å². The van der Waals surface area contributed by atoms with Crippen molar-refractivity contribution in [1.82, 2.24) is 14.2 Å². The topological polar surface area (TPSA) is 117 Å². The molecule has 0 unspecified atom stereocenters. The molecule has 0 spiro atoms. The van der Waals surface area contributed by atoms with E-state index in [1.54, 1.807) is 23.4 Å². The van der Waals surface area contributed by atoms with Gasteiger partial charge in [-0.1, -0.05) is 0 Å². The Morgan fingerprint density at radius 3 is 2.43 bits per heavy atom. The van der Waals surface area contributed by atoms with Gasteiger partial charge in [0.2, 0.25) is 10.0 Å². The molecule has 13 heteroatoms. The van der Waals surface area contributed by atoms with Gasteiger partial charge >= 0.3 is 12.1 Å². The van der Waals surface area contributed by atoms with E-state index in [1.165, 1.54) is 10.6 Å². The molecule has 0 saturated carbocycles. The fourth-order valence-corrected chi connectivity index (χ4v) is 4.39. The number of carboxylic acid groups (broad SMARTS) is 1. The predicted molar refractivity (Wildman–Crippen MR) is 98.3 cm³/mol. The van der Waals surface area contributed by atoms with E-state index in [9.17, 15) is 26.4 Å². The molecule has 9 nitrogen and oxygen atoms in total. The minimum absolute atomic E-state index is 0.112. The maximum atomic E-state index is 12.7. The number of alkyl halides is 3. The van der Waals surface area contributed by atoms with Crippen LogP contribution in [0.5, 0.6) is 0 Å². The zero-order valence-corrected chi connectivity index (χ0v) is 17.1. The third kappa shape index (κ3) is 6.12. The molecule has 3 heterocycles. The summed E-state index contributed by atoms with van der Waals surface area (Å²) in [4.78, 5) is 27.3. The summed E-state index contributed by atoms with van der Waals surface area (Å²) in [6.07, 6.45) is -0.128. The Labute approximate surface area is 171 Å². The van der Waals surface area contributed by atoms with Crippen LogP contribution in [0.2, 0.25) is 0 Å². The molecule has 2 saturated heterocycles. The highest BCUT2D eigenvalue weighted by Gasteiger charge is 2.42. The monoisotopic (exact) mass is 453 g/mol. The molecule has 2 atom stereocenters. The molecule has 0 bridgehead atoms. The lowest BCUT2D eigenvalue weighted by Gasteiger charge is -2.45. The van der Waals surface area contributed by atoms with Crippen molar-refractivity contribution >= 4 is 21.9 Å². The van der Waals surface area contributed by atoms with Crippen molar-refractivity contribution in [3.05, 3.63) is 29.6 Å². The molecule has 168 valence electrons. The first-order chi connectivity index (χ1) is 13.8. The molecule has 3 rings (SSSR count). The number of fused-ring (bicyclic) bond motifs is 1. The van der Waals surface area contributed by atoms with E-state index in [-0.39, 0.29) is 18.1 Å². The molecule has 1 amide bonds. The molecule has 2 aliphatic rings. The number of morpholine rings is 1. The van der Waals surface area contributed by atoms with Crippen LogP contribution >= 0.6 is 0 Å². The van der Waals surface area contributed by atoms with E-state index >= 15 is 0 Å². The molecule has 1 N–H and O–H groups in total. The van der Waals surface area contributed by atoms with Crippen LogP contribution in [0.1, 0.15) is 22.3 Å². The van der Waals surface area contributed by atoms with Crippen molar-refractivity contribution in [2.75, 3.05) is 32.5 Å². The van der Waals surface area contributed by atoms with Crippen molar-refractivity contribution < 1.29 is 41.0 Å².